The van der Waals surface area contributed by atoms with E-state index in [2.05, 4.69) is 5.32 Å². The summed E-state index contributed by atoms with van der Waals surface area (Å²) in [6.07, 6.45) is 5.60. The number of aliphatic hydroxyl groups excluding tert-OH is 1. The molecule has 0 heterocycles. The molecule has 0 aliphatic heterocycles. The zero-order chi connectivity index (χ0) is 14.4. The van der Waals surface area contributed by atoms with Gasteiger partial charge < -0.3 is 10.4 Å². The fourth-order valence-electron chi connectivity index (χ4n) is 2.81. The second-order valence-corrected chi connectivity index (χ2v) is 6.35. The first-order valence-electron chi connectivity index (χ1n) is 7.19. The molecule has 2 N–H and O–H groups in total. The summed E-state index contributed by atoms with van der Waals surface area (Å²) in [5, 5.41) is 12.2. The van der Waals surface area contributed by atoms with Crippen molar-refractivity contribution >= 4 is 17.7 Å². The molecule has 2 rings (SSSR count). The first-order valence-corrected chi connectivity index (χ1v) is 8.58. The van der Waals surface area contributed by atoms with Gasteiger partial charge in [-0.1, -0.05) is 36.8 Å². The van der Waals surface area contributed by atoms with Crippen molar-refractivity contribution < 1.29 is 9.90 Å². The van der Waals surface area contributed by atoms with Crippen LogP contribution in [0.1, 0.15) is 31.2 Å². The highest BCUT2D eigenvalue weighted by Crippen LogP contribution is 2.44. The van der Waals surface area contributed by atoms with Crippen LogP contribution in [0.25, 0.3) is 0 Å². The van der Waals surface area contributed by atoms with Gasteiger partial charge in [-0.25, -0.2) is 0 Å². The van der Waals surface area contributed by atoms with E-state index in [-0.39, 0.29) is 24.0 Å². The van der Waals surface area contributed by atoms with Crippen LogP contribution in [-0.2, 0) is 10.2 Å². The number of hydrogen-bond acceptors (Lipinski definition) is 3. The lowest BCUT2D eigenvalue weighted by Gasteiger charge is -2.41. The van der Waals surface area contributed by atoms with Crippen LogP contribution in [0.2, 0.25) is 0 Å². The highest BCUT2D eigenvalue weighted by molar-refractivity contribution is 7.98. The Labute approximate surface area is 125 Å². The Bertz CT molecular complexity index is 425. The van der Waals surface area contributed by atoms with Crippen molar-refractivity contribution in [3.63, 3.8) is 0 Å². The van der Waals surface area contributed by atoms with Crippen molar-refractivity contribution in [1.82, 2.24) is 5.32 Å². The summed E-state index contributed by atoms with van der Waals surface area (Å²) in [7, 11) is 0. The fourth-order valence-corrected chi connectivity index (χ4v) is 3.46. The normalized spacial score (nSPS) is 18.1. The van der Waals surface area contributed by atoms with Crippen molar-refractivity contribution in [1.29, 1.82) is 0 Å². The molecule has 1 saturated carbocycles. The molecule has 1 atom stereocenters. The Morgan fingerprint density at radius 3 is 2.60 bits per heavy atom. The van der Waals surface area contributed by atoms with Gasteiger partial charge in [0.15, 0.2) is 0 Å². The van der Waals surface area contributed by atoms with E-state index >= 15 is 0 Å². The number of nitrogens with one attached hydrogen (secondary N) is 1. The molecule has 0 radical (unpaired) electrons. The van der Waals surface area contributed by atoms with Crippen LogP contribution in [0.15, 0.2) is 30.3 Å². The number of thioether (sulfide) groups is 1. The molecule has 0 bridgehead atoms. The number of carbonyl (C=O) groups excluding carboxylic acids is 1. The van der Waals surface area contributed by atoms with Crippen molar-refractivity contribution in [2.24, 2.45) is 0 Å². The van der Waals surface area contributed by atoms with Gasteiger partial charge in [-0.15, -0.1) is 0 Å². The lowest BCUT2D eigenvalue weighted by atomic mass is 9.63. The van der Waals surface area contributed by atoms with Crippen LogP contribution in [0.4, 0.5) is 0 Å². The average Bonchev–Trinajstić information content (AvgIpc) is 2.39. The molecule has 1 aliphatic rings. The smallest absolute Gasteiger partial charge is 0.230 e. The summed E-state index contributed by atoms with van der Waals surface area (Å²) in [6, 6.07) is 10.1. The predicted molar refractivity (Wildman–Crippen MR) is 84.0 cm³/mol. The van der Waals surface area contributed by atoms with Gasteiger partial charge in [-0.2, -0.15) is 11.8 Å². The minimum Gasteiger partial charge on any atom is -0.396 e. The number of aliphatic hydroxyl groups is 1. The summed E-state index contributed by atoms with van der Waals surface area (Å²) in [4.78, 5) is 12.7. The van der Waals surface area contributed by atoms with E-state index < -0.39 is 0 Å². The van der Waals surface area contributed by atoms with E-state index in [1.807, 2.05) is 36.6 Å². The van der Waals surface area contributed by atoms with Gasteiger partial charge in [0.1, 0.15) is 0 Å². The van der Waals surface area contributed by atoms with E-state index in [1.165, 1.54) is 0 Å². The minimum absolute atomic E-state index is 0.0590. The maximum absolute atomic E-state index is 12.7. The lowest BCUT2D eigenvalue weighted by molar-refractivity contribution is -0.130. The predicted octanol–water partition coefficient (Wildman–Crippen LogP) is 2.34. The van der Waals surface area contributed by atoms with Crippen molar-refractivity contribution in [2.75, 3.05) is 18.6 Å². The van der Waals surface area contributed by atoms with Crippen molar-refractivity contribution in [2.45, 2.75) is 37.1 Å². The molecule has 0 aromatic heterocycles. The van der Waals surface area contributed by atoms with Crippen LogP contribution in [-0.4, -0.2) is 35.7 Å². The average molecular weight is 293 g/mol. The Balaban J connectivity index is 2.09. The van der Waals surface area contributed by atoms with Gasteiger partial charge in [-0.05, 0) is 31.1 Å². The highest BCUT2D eigenvalue weighted by atomic mass is 32.2. The van der Waals surface area contributed by atoms with Crippen LogP contribution < -0.4 is 5.32 Å². The molecule has 0 spiro atoms. The molecule has 1 unspecified atom stereocenters. The number of rotatable bonds is 7. The Morgan fingerprint density at radius 2 is 2.10 bits per heavy atom. The molecule has 1 aromatic carbocycles. The third-order valence-corrected chi connectivity index (χ3v) is 4.88. The maximum Gasteiger partial charge on any atom is 0.230 e. The largest absolute Gasteiger partial charge is 0.396 e. The molecule has 110 valence electrons. The third-order valence-electron chi connectivity index (χ3n) is 4.15. The lowest BCUT2D eigenvalue weighted by Crippen LogP contribution is -2.52. The summed E-state index contributed by atoms with van der Waals surface area (Å²) in [5.41, 5.74) is 0.781. The second-order valence-electron chi connectivity index (χ2n) is 5.44. The number of carbonyl (C=O) groups is 1. The zero-order valence-corrected chi connectivity index (χ0v) is 12.8. The number of amides is 1. The molecule has 4 heteroatoms. The van der Waals surface area contributed by atoms with Gasteiger partial charge in [0.25, 0.3) is 0 Å². The molecule has 20 heavy (non-hydrogen) atoms. The minimum atomic E-state index is -0.340. The second kappa shape index (κ2) is 7.14. The fraction of sp³-hybridized carbons (Fsp3) is 0.562. The van der Waals surface area contributed by atoms with Crippen LogP contribution in [0.3, 0.4) is 0 Å². The van der Waals surface area contributed by atoms with E-state index in [9.17, 15) is 4.79 Å². The molecular formula is C16H23NO2S. The maximum atomic E-state index is 12.7. The Hall–Kier alpha value is -1.00. The standard InChI is InChI=1S/C16H23NO2S/c1-20-12-14(8-11-18)17-15(19)16(9-5-10-16)13-6-3-2-4-7-13/h2-4,6-7,14,18H,5,8-12H2,1H3,(H,17,19). The van der Waals surface area contributed by atoms with E-state index in [4.69, 9.17) is 5.11 Å². The Kier molecular flexibility index (Phi) is 5.49. The third kappa shape index (κ3) is 3.18. The SMILES string of the molecule is CSCC(CCO)NC(=O)C1(c2ccccc2)CCC1. The summed E-state index contributed by atoms with van der Waals surface area (Å²) in [6.45, 7) is 0.115. The quantitative estimate of drug-likeness (QED) is 0.811. The van der Waals surface area contributed by atoms with Gasteiger partial charge >= 0.3 is 0 Å². The first kappa shape index (κ1) is 15.4. The highest BCUT2D eigenvalue weighted by Gasteiger charge is 2.45. The topological polar surface area (TPSA) is 49.3 Å². The van der Waals surface area contributed by atoms with Crippen molar-refractivity contribution in [3.05, 3.63) is 35.9 Å². The molecule has 1 fully saturated rings. The zero-order valence-electron chi connectivity index (χ0n) is 12.0. The number of hydrogen-bond donors (Lipinski definition) is 2. The van der Waals surface area contributed by atoms with Gasteiger partial charge in [0, 0.05) is 18.4 Å². The van der Waals surface area contributed by atoms with E-state index in [0.717, 1.165) is 30.6 Å². The van der Waals surface area contributed by atoms with Gasteiger partial charge in [0.2, 0.25) is 5.91 Å². The van der Waals surface area contributed by atoms with Gasteiger partial charge in [0.05, 0.1) is 5.41 Å². The molecule has 1 aliphatic carbocycles. The van der Waals surface area contributed by atoms with E-state index in [0.29, 0.717) is 6.42 Å². The van der Waals surface area contributed by atoms with E-state index in [1.54, 1.807) is 11.8 Å². The molecule has 1 aromatic rings. The molecular weight excluding hydrogens is 270 g/mol. The van der Waals surface area contributed by atoms with Crippen LogP contribution in [0.5, 0.6) is 0 Å². The summed E-state index contributed by atoms with van der Waals surface area (Å²) >= 11 is 1.70. The first-order chi connectivity index (χ1) is 9.73. The molecule has 1 amide bonds. The molecule has 0 saturated heterocycles. The summed E-state index contributed by atoms with van der Waals surface area (Å²) in [5.74, 6) is 0.972. The molecule has 3 nitrogen and oxygen atoms in total. The van der Waals surface area contributed by atoms with Crippen LogP contribution in [0, 0.1) is 0 Å². The van der Waals surface area contributed by atoms with Gasteiger partial charge in [-0.3, -0.25) is 4.79 Å². The van der Waals surface area contributed by atoms with Crippen molar-refractivity contribution in [3.8, 4) is 0 Å². The summed E-state index contributed by atoms with van der Waals surface area (Å²) < 4.78 is 0. The Morgan fingerprint density at radius 1 is 1.40 bits per heavy atom. The van der Waals surface area contributed by atoms with Crippen LogP contribution >= 0.6 is 11.8 Å². The monoisotopic (exact) mass is 293 g/mol. The number of benzene rings is 1.